The fraction of sp³-hybridized carbons (Fsp3) is 0.182. The number of hydrogen-bond donors (Lipinski definition) is 1. The van der Waals surface area contributed by atoms with Gasteiger partial charge < -0.3 is 0 Å². The van der Waals surface area contributed by atoms with Crippen molar-refractivity contribution in [3.63, 3.8) is 0 Å². The topological polar surface area (TPSA) is 63.8 Å². The second-order valence-electron chi connectivity index (χ2n) is 6.62. The van der Waals surface area contributed by atoms with E-state index in [1.807, 2.05) is 48.1 Å². The van der Waals surface area contributed by atoms with Gasteiger partial charge in [-0.15, -0.1) is 0 Å². The van der Waals surface area contributed by atoms with Gasteiger partial charge in [0.15, 0.2) is 5.82 Å². The van der Waals surface area contributed by atoms with E-state index in [0.717, 1.165) is 41.2 Å². The van der Waals surface area contributed by atoms with Gasteiger partial charge in [0.2, 0.25) is 4.77 Å². The molecule has 1 N–H and O–H groups in total. The fourth-order valence-electron chi connectivity index (χ4n) is 3.11. The van der Waals surface area contributed by atoms with Gasteiger partial charge in [-0.05, 0) is 36.3 Å². The molecule has 146 valence electrons. The summed E-state index contributed by atoms with van der Waals surface area (Å²) in [6, 6.07) is 18.5. The quantitative estimate of drug-likeness (QED) is 0.372. The van der Waals surface area contributed by atoms with Crippen LogP contribution in [0.15, 0.2) is 65.9 Å². The molecule has 2 aromatic carbocycles. The molecule has 2 heterocycles. The summed E-state index contributed by atoms with van der Waals surface area (Å²) in [5.41, 5.74) is 5.11. The zero-order valence-corrected chi connectivity index (χ0v) is 17.2. The van der Waals surface area contributed by atoms with E-state index >= 15 is 0 Å². The van der Waals surface area contributed by atoms with Gasteiger partial charge in [-0.3, -0.25) is 5.10 Å². The van der Waals surface area contributed by atoms with Gasteiger partial charge in [-0.1, -0.05) is 56.3 Å². The second-order valence-corrected chi connectivity index (χ2v) is 7.01. The number of rotatable bonds is 6. The lowest BCUT2D eigenvalue weighted by Gasteiger charge is -2.02. The Labute approximate surface area is 174 Å². The summed E-state index contributed by atoms with van der Waals surface area (Å²) < 4.78 is 4.00. The Morgan fingerprint density at radius 3 is 2.48 bits per heavy atom. The molecule has 4 aromatic rings. The molecule has 0 aliphatic carbocycles. The first-order chi connectivity index (χ1) is 14.2. The number of hydrogen-bond acceptors (Lipinski definition) is 4. The molecule has 0 amide bonds. The first kappa shape index (κ1) is 19.0. The Balaban J connectivity index is 1.80. The highest BCUT2D eigenvalue weighted by molar-refractivity contribution is 7.71. The Hall–Kier alpha value is -3.32. The highest BCUT2D eigenvalue weighted by atomic mass is 32.1. The predicted octanol–water partition coefficient (Wildman–Crippen LogP) is 4.80. The largest absolute Gasteiger partial charge is 0.250 e. The molecule has 0 spiro atoms. The molecule has 0 atom stereocenters. The molecule has 0 aliphatic heterocycles. The predicted molar refractivity (Wildman–Crippen MR) is 118 cm³/mol. The maximum atomic E-state index is 5.30. The lowest BCUT2D eigenvalue weighted by molar-refractivity contribution is 0.780. The Morgan fingerprint density at radius 2 is 1.79 bits per heavy atom. The van der Waals surface area contributed by atoms with Crippen molar-refractivity contribution in [2.24, 2.45) is 5.10 Å². The molecule has 0 bridgehead atoms. The molecule has 4 rings (SSSR count). The van der Waals surface area contributed by atoms with Crippen molar-refractivity contribution in [2.45, 2.75) is 26.7 Å². The zero-order valence-electron chi connectivity index (χ0n) is 16.4. The lowest BCUT2D eigenvalue weighted by atomic mass is 10.1. The van der Waals surface area contributed by atoms with Crippen LogP contribution in [-0.2, 0) is 12.8 Å². The van der Waals surface area contributed by atoms with Crippen molar-refractivity contribution in [1.29, 1.82) is 0 Å². The third kappa shape index (κ3) is 3.95. The van der Waals surface area contributed by atoms with Gasteiger partial charge in [-0.2, -0.15) is 20.0 Å². The molecule has 0 fully saturated rings. The summed E-state index contributed by atoms with van der Waals surface area (Å²) in [4.78, 5) is 0. The SMILES string of the molecule is CCc1ccc(-c2nn(-c3ccccc3)cc2/C=N\n2c(CC)n[nH]c2=S)cc1. The zero-order chi connectivity index (χ0) is 20.2. The van der Waals surface area contributed by atoms with E-state index in [-0.39, 0.29) is 0 Å². The van der Waals surface area contributed by atoms with Crippen molar-refractivity contribution in [1.82, 2.24) is 24.7 Å². The van der Waals surface area contributed by atoms with Gasteiger partial charge in [0.25, 0.3) is 0 Å². The molecule has 7 heteroatoms. The Bertz CT molecular complexity index is 1180. The second kappa shape index (κ2) is 8.36. The Morgan fingerprint density at radius 1 is 1.03 bits per heavy atom. The number of aromatic amines is 1. The van der Waals surface area contributed by atoms with Gasteiger partial charge in [0.05, 0.1) is 11.9 Å². The van der Waals surface area contributed by atoms with Crippen LogP contribution < -0.4 is 0 Å². The number of nitrogens with one attached hydrogen (secondary N) is 1. The van der Waals surface area contributed by atoms with Crippen LogP contribution in [0.25, 0.3) is 16.9 Å². The highest BCUT2D eigenvalue weighted by Crippen LogP contribution is 2.23. The Kier molecular flexibility index (Phi) is 5.48. The summed E-state index contributed by atoms with van der Waals surface area (Å²) in [5, 5.41) is 16.4. The average Bonchev–Trinajstić information content (AvgIpc) is 3.36. The van der Waals surface area contributed by atoms with Crippen molar-refractivity contribution in [2.75, 3.05) is 0 Å². The minimum atomic E-state index is 0.474. The molecular formula is C22H22N6S. The molecule has 2 aromatic heterocycles. The number of aromatic nitrogens is 5. The maximum Gasteiger partial charge on any atom is 0.216 e. The molecule has 0 saturated heterocycles. The minimum Gasteiger partial charge on any atom is -0.250 e. The summed E-state index contributed by atoms with van der Waals surface area (Å²) in [6.45, 7) is 4.17. The monoisotopic (exact) mass is 402 g/mol. The van der Waals surface area contributed by atoms with Gasteiger partial charge in [0, 0.05) is 23.7 Å². The first-order valence-electron chi connectivity index (χ1n) is 9.64. The van der Waals surface area contributed by atoms with E-state index < -0.39 is 0 Å². The summed E-state index contributed by atoms with van der Waals surface area (Å²) in [5.74, 6) is 0.788. The third-order valence-electron chi connectivity index (χ3n) is 4.74. The highest BCUT2D eigenvalue weighted by Gasteiger charge is 2.12. The van der Waals surface area contributed by atoms with Crippen LogP contribution in [0.2, 0.25) is 0 Å². The van der Waals surface area contributed by atoms with Crippen LogP contribution in [0.3, 0.4) is 0 Å². The summed E-state index contributed by atoms with van der Waals surface area (Å²) in [6.07, 6.45) is 5.52. The number of nitrogens with zero attached hydrogens (tertiary/aromatic N) is 5. The summed E-state index contributed by atoms with van der Waals surface area (Å²) >= 11 is 5.30. The van der Waals surface area contributed by atoms with E-state index in [2.05, 4.69) is 46.5 Å². The van der Waals surface area contributed by atoms with E-state index in [4.69, 9.17) is 17.3 Å². The standard InChI is InChI=1S/C22H22N6S/c1-3-16-10-12-17(13-11-16)21-18(14-23-28-20(4-2)24-25-22(28)29)15-27(26-21)19-8-6-5-7-9-19/h5-15H,3-4H2,1-2H3,(H,25,29)/b23-14-. The molecule has 0 radical (unpaired) electrons. The van der Waals surface area contributed by atoms with Crippen LogP contribution in [0.1, 0.15) is 30.8 Å². The fourth-order valence-corrected chi connectivity index (χ4v) is 3.31. The van der Waals surface area contributed by atoms with E-state index in [1.54, 1.807) is 10.9 Å². The number of benzene rings is 2. The van der Waals surface area contributed by atoms with Crippen LogP contribution in [0, 0.1) is 4.77 Å². The molecule has 6 nitrogen and oxygen atoms in total. The average molecular weight is 403 g/mol. The molecule has 0 unspecified atom stereocenters. The smallest absolute Gasteiger partial charge is 0.216 e. The third-order valence-corrected chi connectivity index (χ3v) is 5.01. The summed E-state index contributed by atoms with van der Waals surface area (Å²) in [7, 11) is 0. The van der Waals surface area contributed by atoms with E-state index in [0.29, 0.717) is 4.77 Å². The molecule has 0 aliphatic rings. The number of aryl methyl sites for hydroxylation is 2. The van der Waals surface area contributed by atoms with Gasteiger partial charge in [0.1, 0.15) is 5.69 Å². The van der Waals surface area contributed by atoms with Crippen molar-refractivity contribution >= 4 is 18.4 Å². The number of H-pyrrole nitrogens is 1. The lowest BCUT2D eigenvalue weighted by Crippen LogP contribution is -1.97. The molecular weight excluding hydrogens is 380 g/mol. The first-order valence-corrected chi connectivity index (χ1v) is 10.1. The normalized spacial score (nSPS) is 11.4. The number of para-hydroxylation sites is 1. The van der Waals surface area contributed by atoms with Crippen LogP contribution in [0.4, 0.5) is 0 Å². The van der Waals surface area contributed by atoms with Gasteiger partial charge >= 0.3 is 0 Å². The van der Waals surface area contributed by atoms with Crippen LogP contribution >= 0.6 is 12.2 Å². The van der Waals surface area contributed by atoms with Crippen LogP contribution in [-0.4, -0.2) is 30.9 Å². The maximum absolute atomic E-state index is 5.30. The van der Waals surface area contributed by atoms with Crippen molar-refractivity contribution in [3.05, 3.63) is 82.5 Å². The van der Waals surface area contributed by atoms with E-state index in [9.17, 15) is 0 Å². The van der Waals surface area contributed by atoms with Crippen molar-refractivity contribution < 1.29 is 0 Å². The minimum absolute atomic E-state index is 0.474. The van der Waals surface area contributed by atoms with Gasteiger partial charge in [-0.25, -0.2) is 4.68 Å². The van der Waals surface area contributed by atoms with E-state index in [1.165, 1.54) is 5.56 Å². The molecule has 0 saturated carbocycles. The van der Waals surface area contributed by atoms with Crippen LogP contribution in [0.5, 0.6) is 0 Å². The van der Waals surface area contributed by atoms with Crippen molar-refractivity contribution in [3.8, 4) is 16.9 Å². The molecule has 29 heavy (non-hydrogen) atoms.